The predicted molar refractivity (Wildman–Crippen MR) is 120 cm³/mol. The molecule has 0 fully saturated rings. The van der Waals surface area contributed by atoms with Crippen LogP contribution in [0.4, 0.5) is 9.18 Å². The second-order valence-corrected chi connectivity index (χ2v) is 10.1. The zero-order valence-corrected chi connectivity index (χ0v) is 19.6. The number of alkyl carbamates (subject to hydrolysis) is 1. The molecule has 1 amide bonds. The van der Waals surface area contributed by atoms with Crippen molar-refractivity contribution in [1.29, 1.82) is 0 Å². The Bertz CT molecular complexity index is 1070. The van der Waals surface area contributed by atoms with Crippen LogP contribution in [0.5, 0.6) is 5.75 Å². The average Bonchev–Trinajstić information content (AvgIpc) is 3.14. The topological polar surface area (TPSA) is 73.3 Å². The van der Waals surface area contributed by atoms with Crippen molar-refractivity contribution in [2.24, 2.45) is 5.41 Å². The number of nitrogens with one attached hydrogen (secondary N) is 1. The molecule has 6 nitrogen and oxygen atoms in total. The van der Waals surface area contributed by atoms with Crippen LogP contribution in [0.25, 0.3) is 11.3 Å². The van der Waals surface area contributed by atoms with Gasteiger partial charge in [-0.1, -0.05) is 38.6 Å². The standard InChI is InChI=1S/C22H24FN3O3S2/c1-22(2,3)17(29-21(27)24-4)19-26-16(15-10-7-11-25-18(15)23)20(31-19)30-14-9-6-8-13(12-14)28-5/h6-12,17H,1-5H3,(H,24,27). The van der Waals surface area contributed by atoms with Crippen LogP contribution in [0.2, 0.25) is 0 Å². The zero-order chi connectivity index (χ0) is 22.6. The predicted octanol–water partition coefficient (Wildman–Crippen LogP) is 5.95. The number of methoxy groups -OCH3 is 1. The lowest BCUT2D eigenvalue weighted by molar-refractivity contribution is 0.0313. The molecule has 31 heavy (non-hydrogen) atoms. The Morgan fingerprint density at radius 2 is 2.03 bits per heavy atom. The zero-order valence-electron chi connectivity index (χ0n) is 17.9. The van der Waals surface area contributed by atoms with Crippen molar-refractivity contribution in [2.75, 3.05) is 14.2 Å². The minimum Gasteiger partial charge on any atom is -0.497 e. The van der Waals surface area contributed by atoms with Crippen LogP contribution in [0.3, 0.4) is 0 Å². The smallest absolute Gasteiger partial charge is 0.407 e. The van der Waals surface area contributed by atoms with Gasteiger partial charge in [0.15, 0.2) is 6.10 Å². The average molecular weight is 462 g/mol. The number of hydrogen-bond acceptors (Lipinski definition) is 7. The quantitative estimate of drug-likeness (QED) is 0.458. The highest BCUT2D eigenvalue weighted by Gasteiger charge is 2.34. The molecule has 0 aliphatic carbocycles. The van der Waals surface area contributed by atoms with Gasteiger partial charge in [-0.25, -0.2) is 14.8 Å². The highest BCUT2D eigenvalue weighted by atomic mass is 32.2. The summed E-state index contributed by atoms with van der Waals surface area (Å²) in [7, 11) is 3.11. The van der Waals surface area contributed by atoms with Crippen molar-refractivity contribution < 1.29 is 18.7 Å². The Morgan fingerprint density at radius 1 is 1.26 bits per heavy atom. The Balaban J connectivity index is 2.10. The van der Waals surface area contributed by atoms with Gasteiger partial charge in [-0.3, -0.25) is 0 Å². The molecule has 0 radical (unpaired) electrons. The number of ether oxygens (including phenoxy) is 2. The molecule has 0 aliphatic heterocycles. The van der Waals surface area contributed by atoms with Crippen molar-refractivity contribution in [3.05, 3.63) is 53.6 Å². The Hall–Kier alpha value is -2.65. The van der Waals surface area contributed by atoms with Gasteiger partial charge in [0.2, 0.25) is 5.95 Å². The maximum atomic E-state index is 14.6. The summed E-state index contributed by atoms with van der Waals surface area (Å²) in [5, 5.41) is 3.06. The number of carbonyl (C=O) groups is 1. The van der Waals surface area contributed by atoms with Crippen molar-refractivity contribution in [3.8, 4) is 17.0 Å². The number of amides is 1. The molecule has 0 spiro atoms. The van der Waals surface area contributed by atoms with Crippen LogP contribution in [0.1, 0.15) is 31.9 Å². The summed E-state index contributed by atoms with van der Waals surface area (Å²) in [4.78, 5) is 21.4. The van der Waals surface area contributed by atoms with Gasteiger partial charge in [0.25, 0.3) is 0 Å². The van der Waals surface area contributed by atoms with Crippen LogP contribution < -0.4 is 10.1 Å². The minimum absolute atomic E-state index is 0.294. The Kier molecular flexibility index (Phi) is 7.17. The SMILES string of the molecule is CNC(=O)OC(c1nc(-c2cccnc2F)c(Sc2cccc(OC)c2)s1)C(C)(C)C. The lowest BCUT2D eigenvalue weighted by Gasteiger charge is -2.28. The Labute approximate surface area is 189 Å². The van der Waals surface area contributed by atoms with E-state index in [0.29, 0.717) is 16.3 Å². The van der Waals surface area contributed by atoms with Crippen molar-refractivity contribution in [1.82, 2.24) is 15.3 Å². The molecule has 1 aromatic carbocycles. The summed E-state index contributed by atoms with van der Waals surface area (Å²) < 4.78 is 26.3. The molecule has 1 N–H and O–H groups in total. The molecule has 164 valence electrons. The second-order valence-electron chi connectivity index (χ2n) is 7.71. The van der Waals surface area contributed by atoms with E-state index in [-0.39, 0.29) is 0 Å². The van der Waals surface area contributed by atoms with Crippen LogP contribution in [-0.2, 0) is 4.74 Å². The lowest BCUT2D eigenvalue weighted by atomic mass is 9.89. The van der Waals surface area contributed by atoms with Crippen LogP contribution in [0.15, 0.2) is 51.7 Å². The fourth-order valence-corrected chi connectivity index (χ4v) is 5.36. The van der Waals surface area contributed by atoms with Gasteiger partial charge in [-0.2, -0.15) is 4.39 Å². The van der Waals surface area contributed by atoms with Crippen LogP contribution in [-0.4, -0.2) is 30.2 Å². The van der Waals surface area contributed by atoms with Crippen molar-refractivity contribution in [2.45, 2.75) is 36.0 Å². The first kappa shape index (κ1) is 23.0. The van der Waals surface area contributed by atoms with Gasteiger partial charge in [-0.15, -0.1) is 11.3 Å². The number of hydrogen-bond donors (Lipinski definition) is 1. The highest BCUT2D eigenvalue weighted by Crippen LogP contribution is 2.46. The van der Waals surface area contributed by atoms with E-state index < -0.39 is 23.6 Å². The molecule has 0 aliphatic rings. The number of aromatic nitrogens is 2. The highest BCUT2D eigenvalue weighted by molar-refractivity contribution is 8.01. The van der Waals surface area contributed by atoms with Gasteiger partial charge in [0.05, 0.1) is 16.9 Å². The fraction of sp³-hybridized carbons (Fsp3) is 0.318. The lowest BCUT2D eigenvalue weighted by Crippen LogP contribution is -2.28. The third-order valence-electron chi connectivity index (χ3n) is 4.32. The Morgan fingerprint density at radius 3 is 2.68 bits per heavy atom. The number of rotatable bonds is 6. The maximum Gasteiger partial charge on any atom is 0.407 e. The van der Waals surface area contributed by atoms with E-state index in [1.807, 2.05) is 45.0 Å². The van der Waals surface area contributed by atoms with E-state index in [4.69, 9.17) is 14.5 Å². The summed E-state index contributed by atoms with van der Waals surface area (Å²) in [6, 6.07) is 10.9. The van der Waals surface area contributed by atoms with E-state index >= 15 is 0 Å². The molecular weight excluding hydrogens is 437 g/mol. The molecule has 0 saturated carbocycles. The fourth-order valence-electron chi connectivity index (χ4n) is 2.77. The maximum absolute atomic E-state index is 14.6. The molecule has 2 heterocycles. The molecular formula is C22H24FN3O3S2. The van der Waals surface area contributed by atoms with Crippen molar-refractivity contribution >= 4 is 29.2 Å². The normalized spacial score (nSPS) is 12.3. The van der Waals surface area contributed by atoms with Gasteiger partial charge in [-0.05, 0) is 30.3 Å². The van der Waals surface area contributed by atoms with Gasteiger partial charge in [0, 0.05) is 23.6 Å². The number of halogens is 1. The number of pyridine rings is 1. The molecule has 3 rings (SSSR count). The van der Waals surface area contributed by atoms with E-state index in [9.17, 15) is 9.18 Å². The largest absolute Gasteiger partial charge is 0.497 e. The molecule has 1 atom stereocenters. The van der Waals surface area contributed by atoms with Crippen LogP contribution in [0, 0.1) is 11.4 Å². The van der Waals surface area contributed by atoms with Gasteiger partial charge in [0.1, 0.15) is 16.5 Å². The minimum atomic E-state index is -0.615. The summed E-state index contributed by atoms with van der Waals surface area (Å²) >= 11 is 2.82. The first-order chi connectivity index (χ1) is 14.7. The first-order valence-electron chi connectivity index (χ1n) is 9.54. The summed E-state index contributed by atoms with van der Waals surface area (Å²) in [5.74, 6) is 0.116. The van der Waals surface area contributed by atoms with Gasteiger partial charge < -0.3 is 14.8 Å². The first-order valence-corrected chi connectivity index (χ1v) is 11.2. The molecule has 9 heteroatoms. The van der Waals surface area contributed by atoms with E-state index in [2.05, 4.69) is 10.3 Å². The summed E-state index contributed by atoms with van der Waals surface area (Å²) in [6.07, 6.45) is 0.231. The molecule has 1 unspecified atom stereocenters. The monoisotopic (exact) mass is 461 g/mol. The summed E-state index contributed by atoms with van der Waals surface area (Å²) in [6.45, 7) is 5.88. The molecule has 3 aromatic rings. The number of benzene rings is 1. The third kappa shape index (κ3) is 5.54. The second kappa shape index (κ2) is 9.65. The number of thiazole rings is 1. The van der Waals surface area contributed by atoms with Gasteiger partial charge >= 0.3 is 6.09 Å². The molecule has 0 saturated heterocycles. The molecule has 2 aromatic heterocycles. The van der Waals surface area contributed by atoms with E-state index in [1.54, 1.807) is 19.2 Å². The van der Waals surface area contributed by atoms with E-state index in [1.165, 1.54) is 36.3 Å². The number of carbonyl (C=O) groups excluding carboxylic acids is 1. The molecule has 0 bridgehead atoms. The van der Waals surface area contributed by atoms with Crippen LogP contribution >= 0.6 is 23.1 Å². The van der Waals surface area contributed by atoms with Crippen molar-refractivity contribution in [3.63, 3.8) is 0 Å². The summed E-state index contributed by atoms with van der Waals surface area (Å²) in [5.41, 5.74) is 0.337. The van der Waals surface area contributed by atoms with E-state index in [0.717, 1.165) is 14.9 Å². The number of nitrogens with zero attached hydrogens (tertiary/aromatic N) is 2. The third-order valence-corrected chi connectivity index (χ3v) is 6.58.